The molecule has 30 heavy (non-hydrogen) atoms. The van der Waals surface area contributed by atoms with Gasteiger partial charge in [-0.15, -0.1) is 0 Å². The predicted molar refractivity (Wildman–Crippen MR) is 122 cm³/mol. The molecular weight excluding hydrogens is 410 g/mol. The summed E-state index contributed by atoms with van der Waals surface area (Å²) >= 11 is 0. The maximum absolute atomic E-state index is 14.9. The molecule has 2 aromatic heterocycles. The number of rotatable bonds is 2. The van der Waals surface area contributed by atoms with E-state index >= 15 is 0 Å². The second-order valence-electron chi connectivity index (χ2n) is 7.37. The average molecular weight is 426 g/mol. The lowest BCUT2D eigenvalue weighted by Crippen LogP contribution is -2.21. The van der Waals surface area contributed by atoms with Crippen molar-refractivity contribution in [2.45, 2.75) is 0 Å². The summed E-state index contributed by atoms with van der Waals surface area (Å²) in [4.78, 5) is 8.48. The Morgan fingerprint density at radius 3 is 1.37 bits per heavy atom. The molecule has 2 atom stereocenters. The average Bonchev–Trinajstić information content (AvgIpc) is 3.26. The van der Waals surface area contributed by atoms with E-state index in [1.807, 2.05) is 60.7 Å². The van der Waals surface area contributed by atoms with E-state index < -0.39 is 14.3 Å². The van der Waals surface area contributed by atoms with Gasteiger partial charge in [-0.2, -0.15) is 0 Å². The van der Waals surface area contributed by atoms with E-state index in [1.165, 1.54) is 0 Å². The van der Waals surface area contributed by atoms with Gasteiger partial charge in [0, 0.05) is 56.6 Å². The molecule has 0 amide bonds. The molecule has 0 spiro atoms. The first-order valence-electron chi connectivity index (χ1n) is 9.63. The van der Waals surface area contributed by atoms with Gasteiger partial charge in [0.25, 0.3) is 0 Å². The molecule has 0 saturated heterocycles. The first kappa shape index (κ1) is 17.8. The molecule has 2 unspecified atom stereocenters. The lowest BCUT2D eigenvalue weighted by molar-refractivity contribution is 0.592. The van der Waals surface area contributed by atoms with Gasteiger partial charge in [0.05, 0.1) is 0 Å². The molecule has 0 radical (unpaired) electrons. The smallest absolute Gasteiger partial charge is 0.174 e. The minimum Gasteiger partial charge on any atom is -0.309 e. The fourth-order valence-electron chi connectivity index (χ4n) is 4.65. The van der Waals surface area contributed by atoms with Crippen molar-refractivity contribution in [2.75, 3.05) is 0 Å². The number of aromatic nitrogens is 2. The summed E-state index contributed by atoms with van der Waals surface area (Å²) in [6.45, 7) is 0. The van der Waals surface area contributed by atoms with Crippen LogP contribution in [-0.2, 0) is 9.13 Å². The van der Waals surface area contributed by atoms with Gasteiger partial charge in [0.1, 0.15) is 0 Å². The van der Waals surface area contributed by atoms with Crippen LogP contribution < -0.4 is 21.2 Å². The van der Waals surface area contributed by atoms with E-state index in [0.29, 0.717) is 21.2 Å². The lowest BCUT2D eigenvalue weighted by atomic mass is 10.1. The second kappa shape index (κ2) is 6.22. The zero-order valence-corrected chi connectivity index (χ0v) is 17.6. The largest absolute Gasteiger partial charge is 0.309 e. The van der Waals surface area contributed by atoms with Crippen LogP contribution in [0.25, 0.3) is 10.6 Å². The normalized spacial score (nSPS) is 23.7. The van der Waals surface area contributed by atoms with Crippen LogP contribution in [-0.4, -0.2) is 9.97 Å². The molecular formula is C24H16N2O2P2. The maximum atomic E-state index is 14.9. The highest BCUT2D eigenvalue weighted by molar-refractivity contribution is 7.96. The van der Waals surface area contributed by atoms with Crippen LogP contribution in [0.15, 0.2) is 97.6 Å². The van der Waals surface area contributed by atoms with E-state index in [4.69, 9.17) is 0 Å². The Labute approximate surface area is 174 Å². The summed E-state index contributed by atoms with van der Waals surface area (Å²) in [5.74, 6) is 0. The van der Waals surface area contributed by atoms with E-state index in [2.05, 4.69) is 9.97 Å². The number of hydrogen-bond donors (Lipinski definition) is 0. The van der Waals surface area contributed by atoms with Gasteiger partial charge in [0.15, 0.2) is 14.3 Å². The Morgan fingerprint density at radius 1 is 0.533 bits per heavy atom. The van der Waals surface area contributed by atoms with Gasteiger partial charge in [-0.05, 0) is 35.4 Å². The van der Waals surface area contributed by atoms with Gasteiger partial charge in [-0.25, -0.2) is 0 Å². The number of hydrogen-bond acceptors (Lipinski definition) is 4. The second-order valence-corrected chi connectivity index (χ2v) is 12.7. The van der Waals surface area contributed by atoms with E-state index in [-0.39, 0.29) is 0 Å². The molecule has 6 rings (SSSR count). The first-order chi connectivity index (χ1) is 14.7. The standard InChI is InChI=1S/C24H16N2O2P2/c27-29(17-7-5-13-25-15-17)21-11-3-1-9-19(21)23-24(29)20-10-2-4-12-22(20)30(23,28)18-8-6-14-26-16-18/h1-16H. The SMILES string of the molecule is O=P1(c2cccnc2)C2=C(c3ccccc31)P(=O)(c1cccnc1)c1ccccc12. The van der Waals surface area contributed by atoms with Crippen LogP contribution >= 0.6 is 14.3 Å². The summed E-state index contributed by atoms with van der Waals surface area (Å²) in [5.41, 5.74) is 1.62. The van der Waals surface area contributed by atoms with Crippen LogP contribution in [0.2, 0.25) is 0 Å². The summed E-state index contributed by atoms with van der Waals surface area (Å²) < 4.78 is 29.8. The molecule has 0 bridgehead atoms. The Bertz CT molecular complexity index is 1340. The summed E-state index contributed by atoms with van der Waals surface area (Å²) in [5, 5.41) is 4.19. The van der Waals surface area contributed by atoms with Crippen molar-refractivity contribution in [3.63, 3.8) is 0 Å². The third kappa shape index (κ3) is 2.08. The van der Waals surface area contributed by atoms with Crippen molar-refractivity contribution in [2.24, 2.45) is 0 Å². The third-order valence-electron chi connectivity index (χ3n) is 5.87. The Hall–Kier alpha value is -3.06. The van der Waals surface area contributed by atoms with Crippen molar-refractivity contribution in [3.8, 4) is 0 Å². The highest BCUT2D eigenvalue weighted by Crippen LogP contribution is 2.76. The molecule has 2 aliphatic heterocycles. The predicted octanol–water partition coefficient (Wildman–Crippen LogP) is 3.96. The molecule has 4 aromatic rings. The molecule has 4 nitrogen and oxygen atoms in total. The van der Waals surface area contributed by atoms with Crippen LogP contribution in [0.3, 0.4) is 0 Å². The third-order valence-corrected chi connectivity index (χ3v) is 12.4. The highest BCUT2D eigenvalue weighted by atomic mass is 31.2. The Kier molecular flexibility index (Phi) is 3.68. The number of benzene rings is 2. The Morgan fingerprint density at radius 2 is 0.967 bits per heavy atom. The monoisotopic (exact) mass is 426 g/mol. The van der Waals surface area contributed by atoms with Crippen LogP contribution in [0.4, 0.5) is 0 Å². The molecule has 2 aliphatic rings. The van der Waals surface area contributed by atoms with E-state index in [9.17, 15) is 9.13 Å². The van der Waals surface area contributed by atoms with Crippen LogP contribution in [0, 0.1) is 0 Å². The van der Waals surface area contributed by atoms with Gasteiger partial charge < -0.3 is 9.13 Å². The molecule has 2 aromatic carbocycles. The van der Waals surface area contributed by atoms with Crippen LogP contribution in [0.1, 0.15) is 11.1 Å². The van der Waals surface area contributed by atoms with Crippen molar-refractivity contribution in [1.29, 1.82) is 0 Å². The fraction of sp³-hybridized carbons (Fsp3) is 0. The molecule has 4 heterocycles. The minimum absolute atomic E-state index is 0.664. The van der Waals surface area contributed by atoms with E-state index in [0.717, 1.165) is 21.7 Å². The number of fused-ring (bicyclic) bond motifs is 4. The van der Waals surface area contributed by atoms with Crippen molar-refractivity contribution in [1.82, 2.24) is 9.97 Å². The topological polar surface area (TPSA) is 59.9 Å². The fourth-order valence-corrected chi connectivity index (χ4v) is 11.8. The van der Waals surface area contributed by atoms with Gasteiger partial charge in [-0.1, -0.05) is 48.5 Å². The summed E-state index contributed by atoms with van der Waals surface area (Å²) in [6.07, 6.45) is 6.69. The molecule has 144 valence electrons. The number of nitrogens with zero attached hydrogens (tertiary/aromatic N) is 2. The molecule has 0 N–H and O–H groups in total. The molecule has 0 fully saturated rings. The van der Waals surface area contributed by atoms with Gasteiger partial charge >= 0.3 is 0 Å². The van der Waals surface area contributed by atoms with Crippen LogP contribution in [0.5, 0.6) is 0 Å². The number of pyridine rings is 2. The first-order valence-corrected chi connectivity index (χ1v) is 13.0. The minimum atomic E-state index is -3.22. The summed E-state index contributed by atoms with van der Waals surface area (Å²) in [6, 6.07) is 22.6. The van der Waals surface area contributed by atoms with Crippen molar-refractivity contribution >= 4 is 46.1 Å². The van der Waals surface area contributed by atoms with Gasteiger partial charge in [-0.3, -0.25) is 9.97 Å². The molecule has 0 aliphatic carbocycles. The maximum Gasteiger partial charge on any atom is 0.174 e. The molecule has 0 saturated carbocycles. The summed E-state index contributed by atoms with van der Waals surface area (Å²) in [7, 11) is -6.45. The van der Waals surface area contributed by atoms with E-state index in [1.54, 1.807) is 36.9 Å². The Balaban J connectivity index is 1.80. The molecule has 6 heteroatoms. The lowest BCUT2D eigenvalue weighted by Gasteiger charge is -2.21. The van der Waals surface area contributed by atoms with Crippen molar-refractivity contribution in [3.05, 3.63) is 109 Å². The zero-order valence-electron chi connectivity index (χ0n) is 15.8. The quantitative estimate of drug-likeness (QED) is 0.456. The van der Waals surface area contributed by atoms with Crippen molar-refractivity contribution < 1.29 is 9.13 Å². The highest BCUT2D eigenvalue weighted by Gasteiger charge is 2.54. The zero-order chi connectivity index (χ0) is 20.3. The van der Waals surface area contributed by atoms with Gasteiger partial charge in [0.2, 0.25) is 0 Å².